The van der Waals surface area contributed by atoms with Crippen LogP contribution in [0.2, 0.25) is 0 Å². The molecule has 1 aromatic heterocycles. The molecule has 4 nitrogen and oxygen atoms in total. The predicted octanol–water partition coefficient (Wildman–Crippen LogP) is 1.96. The lowest BCUT2D eigenvalue weighted by Gasteiger charge is -2.12. The van der Waals surface area contributed by atoms with E-state index >= 15 is 0 Å². The average molecular weight is 244 g/mol. The Balaban J connectivity index is 3.36. The minimum Gasteiger partial charge on any atom is -0.462 e. The van der Waals surface area contributed by atoms with Crippen molar-refractivity contribution in [2.24, 2.45) is 5.73 Å². The van der Waals surface area contributed by atoms with Gasteiger partial charge < -0.3 is 10.5 Å². The molecule has 0 unspecified atom stereocenters. The van der Waals surface area contributed by atoms with E-state index < -0.39 is 12.4 Å². The maximum absolute atomic E-state index is 12.8. The monoisotopic (exact) mass is 244 g/mol. The number of rotatable bonds is 4. The summed E-state index contributed by atoms with van der Waals surface area (Å²) < 4.78 is 30.4. The molecular weight excluding hydrogens is 230 g/mol. The third kappa shape index (κ3) is 2.97. The fourth-order valence-electron chi connectivity index (χ4n) is 1.52. The van der Waals surface area contributed by atoms with Crippen molar-refractivity contribution in [1.82, 2.24) is 4.98 Å². The summed E-state index contributed by atoms with van der Waals surface area (Å²) in [5, 5.41) is 0. The first-order valence-electron chi connectivity index (χ1n) is 5.17. The van der Waals surface area contributed by atoms with Crippen molar-refractivity contribution in [3.8, 4) is 0 Å². The summed E-state index contributed by atoms with van der Waals surface area (Å²) >= 11 is 0. The van der Waals surface area contributed by atoms with Crippen molar-refractivity contribution in [2.45, 2.75) is 26.8 Å². The van der Waals surface area contributed by atoms with Crippen molar-refractivity contribution in [1.29, 1.82) is 0 Å². The van der Waals surface area contributed by atoms with Crippen LogP contribution in [-0.4, -0.2) is 17.6 Å². The number of hydrogen-bond acceptors (Lipinski definition) is 4. The van der Waals surface area contributed by atoms with Crippen molar-refractivity contribution < 1.29 is 18.3 Å². The number of pyridine rings is 1. The zero-order valence-corrected chi connectivity index (χ0v) is 9.67. The molecule has 2 N–H and O–H groups in total. The lowest BCUT2D eigenvalue weighted by molar-refractivity contribution is 0.0513. The SMILES string of the molecule is CCOC(=O)c1c(C(F)F)cc(C)nc1CN. The van der Waals surface area contributed by atoms with Crippen LogP contribution in [-0.2, 0) is 11.3 Å². The van der Waals surface area contributed by atoms with E-state index in [1.165, 1.54) is 6.07 Å². The van der Waals surface area contributed by atoms with Gasteiger partial charge in [0.05, 0.1) is 17.9 Å². The Bertz CT molecular complexity index is 422. The Morgan fingerprint density at radius 2 is 2.24 bits per heavy atom. The normalized spacial score (nSPS) is 10.7. The Morgan fingerprint density at radius 1 is 1.59 bits per heavy atom. The highest BCUT2D eigenvalue weighted by atomic mass is 19.3. The Kier molecular flexibility index (Phi) is 4.51. The van der Waals surface area contributed by atoms with E-state index in [9.17, 15) is 13.6 Å². The highest BCUT2D eigenvalue weighted by Crippen LogP contribution is 2.26. The molecule has 0 aliphatic carbocycles. The second-order valence-electron chi connectivity index (χ2n) is 3.40. The number of nitrogens with zero attached hydrogens (tertiary/aromatic N) is 1. The van der Waals surface area contributed by atoms with E-state index in [1.807, 2.05) is 0 Å². The van der Waals surface area contributed by atoms with Crippen LogP contribution in [0.1, 0.15) is 40.7 Å². The molecule has 0 amide bonds. The van der Waals surface area contributed by atoms with Gasteiger partial charge in [0.25, 0.3) is 6.43 Å². The number of ether oxygens (including phenoxy) is 1. The molecule has 0 aliphatic rings. The number of esters is 1. The van der Waals surface area contributed by atoms with Gasteiger partial charge in [-0.1, -0.05) is 0 Å². The topological polar surface area (TPSA) is 65.2 Å². The van der Waals surface area contributed by atoms with Crippen molar-refractivity contribution in [2.75, 3.05) is 6.61 Å². The highest BCUT2D eigenvalue weighted by molar-refractivity contribution is 5.92. The van der Waals surface area contributed by atoms with Crippen LogP contribution in [0.5, 0.6) is 0 Å². The van der Waals surface area contributed by atoms with Gasteiger partial charge in [-0.15, -0.1) is 0 Å². The Hall–Kier alpha value is -1.56. The van der Waals surface area contributed by atoms with Gasteiger partial charge in [-0.2, -0.15) is 0 Å². The number of halogens is 2. The largest absolute Gasteiger partial charge is 0.462 e. The lowest BCUT2D eigenvalue weighted by Crippen LogP contribution is -2.16. The lowest BCUT2D eigenvalue weighted by atomic mass is 10.1. The second-order valence-corrected chi connectivity index (χ2v) is 3.40. The zero-order chi connectivity index (χ0) is 13.0. The van der Waals surface area contributed by atoms with Crippen LogP contribution >= 0.6 is 0 Å². The number of aromatic nitrogens is 1. The summed E-state index contributed by atoms with van der Waals surface area (Å²) in [5.74, 6) is -0.809. The molecule has 1 aromatic rings. The first-order chi connectivity index (χ1) is 8.01. The maximum atomic E-state index is 12.8. The van der Waals surface area contributed by atoms with E-state index in [1.54, 1.807) is 13.8 Å². The van der Waals surface area contributed by atoms with Gasteiger partial charge in [-0.25, -0.2) is 13.6 Å². The number of aryl methyl sites for hydroxylation is 1. The van der Waals surface area contributed by atoms with Crippen LogP contribution < -0.4 is 5.73 Å². The average Bonchev–Trinajstić information content (AvgIpc) is 2.27. The summed E-state index contributed by atoms with van der Waals surface area (Å²) in [6, 6.07) is 1.18. The quantitative estimate of drug-likeness (QED) is 0.822. The molecular formula is C11H14F2N2O2. The minimum atomic E-state index is -2.76. The molecule has 0 fully saturated rings. The highest BCUT2D eigenvalue weighted by Gasteiger charge is 2.24. The van der Waals surface area contributed by atoms with Crippen molar-refractivity contribution in [3.63, 3.8) is 0 Å². The van der Waals surface area contributed by atoms with Crippen LogP contribution in [0.3, 0.4) is 0 Å². The summed E-state index contributed by atoms with van der Waals surface area (Å²) in [6.45, 7) is 3.19. The number of nitrogens with two attached hydrogens (primary N) is 1. The molecule has 0 radical (unpaired) electrons. The van der Waals surface area contributed by atoms with Crippen LogP contribution in [0, 0.1) is 6.92 Å². The molecule has 0 saturated carbocycles. The number of alkyl halides is 2. The predicted molar refractivity (Wildman–Crippen MR) is 57.8 cm³/mol. The smallest absolute Gasteiger partial charge is 0.340 e. The van der Waals surface area contributed by atoms with Crippen LogP contribution in [0.4, 0.5) is 8.78 Å². The number of hydrogen-bond donors (Lipinski definition) is 1. The number of carbonyl (C=O) groups is 1. The van der Waals surface area contributed by atoms with Gasteiger partial charge in [-0.05, 0) is 19.9 Å². The first-order valence-corrected chi connectivity index (χ1v) is 5.17. The van der Waals surface area contributed by atoms with E-state index in [2.05, 4.69) is 4.98 Å². The molecule has 94 valence electrons. The molecule has 0 saturated heterocycles. The van der Waals surface area contributed by atoms with Gasteiger partial charge >= 0.3 is 5.97 Å². The van der Waals surface area contributed by atoms with Gasteiger partial charge in [0.2, 0.25) is 0 Å². The summed E-state index contributed by atoms with van der Waals surface area (Å²) in [5.41, 5.74) is 5.35. The molecule has 0 bridgehead atoms. The minimum absolute atomic E-state index is 0.0878. The summed E-state index contributed by atoms with van der Waals surface area (Å²) in [7, 11) is 0. The van der Waals surface area contributed by atoms with Crippen molar-refractivity contribution >= 4 is 5.97 Å². The molecule has 17 heavy (non-hydrogen) atoms. The fraction of sp³-hybridized carbons (Fsp3) is 0.455. The molecule has 0 spiro atoms. The third-order valence-electron chi connectivity index (χ3n) is 2.16. The first kappa shape index (κ1) is 13.5. The van der Waals surface area contributed by atoms with Gasteiger partial charge in [0.15, 0.2) is 0 Å². The van der Waals surface area contributed by atoms with E-state index in [0.29, 0.717) is 5.69 Å². The molecule has 1 heterocycles. The van der Waals surface area contributed by atoms with Crippen LogP contribution in [0.15, 0.2) is 6.07 Å². The maximum Gasteiger partial charge on any atom is 0.340 e. The molecule has 0 atom stereocenters. The second kappa shape index (κ2) is 5.67. The summed E-state index contributed by atoms with van der Waals surface area (Å²) in [6.07, 6.45) is -2.76. The fourth-order valence-corrected chi connectivity index (χ4v) is 1.52. The molecule has 6 heteroatoms. The van der Waals surface area contributed by atoms with E-state index in [0.717, 1.165) is 0 Å². The Morgan fingerprint density at radius 3 is 2.71 bits per heavy atom. The zero-order valence-electron chi connectivity index (χ0n) is 9.67. The van der Waals surface area contributed by atoms with Gasteiger partial charge in [0, 0.05) is 17.8 Å². The van der Waals surface area contributed by atoms with Crippen molar-refractivity contribution in [3.05, 3.63) is 28.6 Å². The number of carbonyl (C=O) groups excluding carboxylic acids is 1. The Labute approximate surface area is 97.8 Å². The van der Waals surface area contributed by atoms with E-state index in [-0.39, 0.29) is 30.0 Å². The van der Waals surface area contributed by atoms with Gasteiger partial charge in [-0.3, -0.25) is 4.98 Å². The molecule has 0 aromatic carbocycles. The third-order valence-corrected chi connectivity index (χ3v) is 2.16. The van der Waals surface area contributed by atoms with Crippen LogP contribution in [0.25, 0.3) is 0 Å². The molecule has 1 rings (SSSR count). The molecule has 0 aliphatic heterocycles. The summed E-state index contributed by atoms with van der Waals surface area (Å²) in [4.78, 5) is 15.6. The van der Waals surface area contributed by atoms with E-state index in [4.69, 9.17) is 10.5 Å². The standard InChI is InChI=1S/C11H14F2N2O2/c1-3-17-11(16)9-7(10(12)13)4-6(2)15-8(9)5-14/h4,10H,3,5,14H2,1-2H3. The van der Waals surface area contributed by atoms with Gasteiger partial charge in [0.1, 0.15) is 0 Å².